The van der Waals surface area contributed by atoms with Gasteiger partial charge in [0.2, 0.25) is 10.0 Å². The minimum atomic E-state index is -4.93. The Hall–Kier alpha value is -1.29. The van der Waals surface area contributed by atoms with Crippen LogP contribution in [0.2, 0.25) is 0 Å². The minimum absolute atomic E-state index is 0.0280. The number of hydrogen-bond acceptors (Lipinski definition) is 2. The molecule has 0 aromatic heterocycles. The van der Waals surface area contributed by atoms with Crippen molar-refractivity contribution in [3.8, 4) is 0 Å². The molecule has 0 bridgehead atoms. The predicted molar refractivity (Wildman–Crippen MR) is 67.7 cm³/mol. The van der Waals surface area contributed by atoms with E-state index in [0.29, 0.717) is 12.1 Å². The maximum atomic E-state index is 12.7. The first-order chi connectivity index (χ1) is 9.70. The molecule has 0 spiro atoms. The number of sulfonamides is 1. The van der Waals surface area contributed by atoms with Crippen LogP contribution in [0.15, 0.2) is 18.2 Å². The molecule has 22 heavy (non-hydrogen) atoms. The predicted octanol–water partition coefficient (Wildman–Crippen LogP) is 3.38. The van der Waals surface area contributed by atoms with Crippen molar-refractivity contribution in [2.24, 2.45) is 0 Å². The van der Waals surface area contributed by atoms with Gasteiger partial charge in [-0.3, -0.25) is 0 Å². The highest BCUT2D eigenvalue weighted by Gasteiger charge is 2.37. The Morgan fingerprint density at radius 3 is 1.73 bits per heavy atom. The van der Waals surface area contributed by atoms with Crippen LogP contribution in [0.25, 0.3) is 0 Å². The van der Waals surface area contributed by atoms with Gasteiger partial charge in [0.1, 0.15) is 0 Å². The molecule has 0 aliphatic rings. The van der Waals surface area contributed by atoms with E-state index < -0.39 is 39.4 Å². The van der Waals surface area contributed by atoms with Gasteiger partial charge in [-0.05, 0) is 29.7 Å². The number of halogens is 6. The van der Waals surface area contributed by atoms with E-state index in [-0.39, 0.29) is 18.2 Å². The summed E-state index contributed by atoms with van der Waals surface area (Å²) in [5.74, 6) is -0.863. The summed E-state index contributed by atoms with van der Waals surface area (Å²) in [6, 6.07) is 1.20. The van der Waals surface area contributed by atoms with Crippen LogP contribution in [0, 0.1) is 0 Å². The third-order valence-corrected chi connectivity index (χ3v) is 3.52. The molecule has 0 saturated carbocycles. The van der Waals surface area contributed by atoms with Crippen molar-refractivity contribution < 1.29 is 34.8 Å². The zero-order chi connectivity index (χ0) is 17.3. The van der Waals surface area contributed by atoms with Gasteiger partial charge in [0, 0.05) is 6.54 Å². The van der Waals surface area contributed by atoms with E-state index in [1.165, 1.54) is 6.92 Å². The van der Waals surface area contributed by atoms with E-state index in [1.54, 1.807) is 0 Å². The molecule has 126 valence electrons. The number of benzene rings is 1. The average molecular weight is 349 g/mol. The highest BCUT2D eigenvalue weighted by Crippen LogP contribution is 2.37. The van der Waals surface area contributed by atoms with Crippen molar-refractivity contribution in [2.45, 2.75) is 25.2 Å². The third kappa shape index (κ3) is 5.48. The fourth-order valence-electron chi connectivity index (χ4n) is 1.66. The topological polar surface area (TPSA) is 46.2 Å². The molecule has 0 aliphatic heterocycles. The van der Waals surface area contributed by atoms with Crippen LogP contribution < -0.4 is 4.72 Å². The first-order valence-corrected chi connectivity index (χ1v) is 7.83. The van der Waals surface area contributed by atoms with Gasteiger partial charge >= 0.3 is 12.4 Å². The van der Waals surface area contributed by atoms with Crippen LogP contribution in [-0.4, -0.2) is 21.2 Å². The summed E-state index contributed by atoms with van der Waals surface area (Å²) < 4.78 is 100. The molecule has 1 rings (SSSR count). The van der Waals surface area contributed by atoms with Gasteiger partial charge in [-0.2, -0.15) is 26.3 Å². The summed E-state index contributed by atoms with van der Waals surface area (Å²) in [7, 11) is -3.60. The molecule has 0 fully saturated rings. The summed E-state index contributed by atoms with van der Waals surface area (Å²) in [6.45, 7) is 1.02. The standard InChI is InChI=1S/C12H13F6NO2S/c1-7(6-19-22(2,20)21)8-3-9(11(13,14)15)5-10(4-8)12(16,17)18/h3-5,7,19H,6H2,1-2H3/t7-/m0/s1. The van der Waals surface area contributed by atoms with E-state index in [4.69, 9.17) is 0 Å². The van der Waals surface area contributed by atoms with Gasteiger partial charge in [0.05, 0.1) is 17.4 Å². The van der Waals surface area contributed by atoms with E-state index >= 15 is 0 Å². The quantitative estimate of drug-likeness (QED) is 0.847. The van der Waals surface area contributed by atoms with Crippen molar-refractivity contribution in [3.05, 3.63) is 34.9 Å². The summed E-state index contributed by atoms with van der Waals surface area (Å²) >= 11 is 0. The molecule has 1 aromatic carbocycles. The lowest BCUT2D eigenvalue weighted by Crippen LogP contribution is -2.26. The second-order valence-electron chi connectivity index (χ2n) is 4.86. The molecule has 3 nitrogen and oxygen atoms in total. The molecular formula is C12H13F6NO2S. The Labute approximate surface area is 123 Å². The smallest absolute Gasteiger partial charge is 0.215 e. The first-order valence-electron chi connectivity index (χ1n) is 5.94. The van der Waals surface area contributed by atoms with Crippen LogP contribution in [0.1, 0.15) is 29.5 Å². The molecule has 1 N–H and O–H groups in total. The summed E-state index contributed by atoms with van der Waals surface area (Å²) in [4.78, 5) is 0. The molecule has 0 heterocycles. The average Bonchev–Trinajstić information content (AvgIpc) is 2.32. The third-order valence-electron chi connectivity index (χ3n) is 2.83. The zero-order valence-electron chi connectivity index (χ0n) is 11.5. The molecule has 10 heteroatoms. The fourth-order valence-corrected chi connectivity index (χ4v) is 2.21. The van der Waals surface area contributed by atoms with Crippen molar-refractivity contribution in [1.29, 1.82) is 0 Å². The molecule has 1 atom stereocenters. The maximum Gasteiger partial charge on any atom is 0.416 e. The van der Waals surface area contributed by atoms with Gasteiger partial charge in [0.15, 0.2) is 0 Å². The van der Waals surface area contributed by atoms with E-state index in [0.717, 1.165) is 6.26 Å². The van der Waals surface area contributed by atoms with Crippen LogP contribution in [0.3, 0.4) is 0 Å². The molecule has 0 radical (unpaired) electrons. The summed E-state index contributed by atoms with van der Waals surface area (Å²) in [5.41, 5.74) is -3.11. The van der Waals surface area contributed by atoms with E-state index in [9.17, 15) is 34.8 Å². The Morgan fingerprint density at radius 2 is 1.41 bits per heavy atom. The molecule has 0 aliphatic carbocycles. The molecular weight excluding hydrogens is 336 g/mol. The fraction of sp³-hybridized carbons (Fsp3) is 0.500. The number of rotatable bonds is 4. The Kier molecular flexibility index (Phi) is 5.18. The van der Waals surface area contributed by atoms with Crippen LogP contribution in [0.4, 0.5) is 26.3 Å². The Bertz CT molecular complexity index is 604. The highest BCUT2D eigenvalue weighted by molar-refractivity contribution is 7.88. The highest BCUT2D eigenvalue weighted by atomic mass is 32.2. The SMILES string of the molecule is C[C@@H](CNS(C)(=O)=O)c1cc(C(F)(F)F)cc(C(F)(F)F)c1. The van der Waals surface area contributed by atoms with Crippen molar-refractivity contribution in [1.82, 2.24) is 4.72 Å². The van der Waals surface area contributed by atoms with Crippen molar-refractivity contribution in [2.75, 3.05) is 12.8 Å². The van der Waals surface area contributed by atoms with Crippen LogP contribution in [-0.2, 0) is 22.4 Å². The lowest BCUT2D eigenvalue weighted by atomic mass is 9.96. The lowest BCUT2D eigenvalue weighted by Gasteiger charge is -2.18. The van der Waals surface area contributed by atoms with E-state index in [2.05, 4.69) is 0 Å². The summed E-state index contributed by atoms with van der Waals surface area (Å²) in [5, 5.41) is 0. The number of hydrogen-bond donors (Lipinski definition) is 1. The second-order valence-corrected chi connectivity index (χ2v) is 6.69. The first kappa shape index (κ1) is 18.8. The van der Waals surface area contributed by atoms with Crippen LogP contribution in [0.5, 0.6) is 0 Å². The Balaban J connectivity index is 3.23. The van der Waals surface area contributed by atoms with E-state index in [1.807, 2.05) is 4.72 Å². The second kappa shape index (κ2) is 6.07. The van der Waals surface area contributed by atoms with Crippen LogP contribution >= 0.6 is 0 Å². The molecule has 1 aromatic rings. The normalized spacial score (nSPS) is 14.9. The van der Waals surface area contributed by atoms with Gasteiger partial charge in [-0.1, -0.05) is 6.92 Å². The molecule has 0 unspecified atom stereocenters. The minimum Gasteiger partial charge on any atom is -0.215 e. The Morgan fingerprint density at radius 1 is 1.00 bits per heavy atom. The lowest BCUT2D eigenvalue weighted by molar-refractivity contribution is -0.143. The molecule has 0 amide bonds. The number of alkyl halides is 6. The largest absolute Gasteiger partial charge is 0.416 e. The maximum absolute atomic E-state index is 12.7. The monoisotopic (exact) mass is 349 g/mol. The van der Waals surface area contributed by atoms with Crippen molar-refractivity contribution in [3.63, 3.8) is 0 Å². The van der Waals surface area contributed by atoms with Gasteiger partial charge in [0.25, 0.3) is 0 Å². The molecule has 0 saturated heterocycles. The van der Waals surface area contributed by atoms with Crippen molar-refractivity contribution >= 4 is 10.0 Å². The summed E-state index contributed by atoms with van der Waals surface area (Å²) in [6.07, 6.45) is -9.02. The van der Waals surface area contributed by atoms with Gasteiger partial charge in [-0.15, -0.1) is 0 Å². The van der Waals surface area contributed by atoms with Gasteiger partial charge < -0.3 is 0 Å². The number of nitrogens with one attached hydrogen (secondary N) is 1. The zero-order valence-corrected chi connectivity index (χ0v) is 12.3. The van der Waals surface area contributed by atoms with Gasteiger partial charge in [-0.25, -0.2) is 13.1 Å².